The van der Waals surface area contributed by atoms with Gasteiger partial charge in [-0.15, -0.1) is 0 Å². The van der Waals surface area contributed by atoms with Gasteiger partial charge in [-0.05, 0) is 42.5 Å². The lowest BCUT2D eigenvalue weighted by atomic mass is 9.87. The zero-order valence-corrected chi connectivity index (χ0v) is 11.6. The van der Waals surface area contributed by atoms with E-state index in [1.165, 1.54) is 17.5 Å². The average Bonchev–Trinajstić information content (AvgIpc) is 2.44. The summed E-state index contributed by atoms with van der Waals surface area (Å²) < 4.78 is 0. The van der Waals surface area contributed by atoms with E-state index in [4.69, 9.17) is 17.3 Å². The molecule has 1 unspecified atom stereocenters. The molecule has 104 valence electrons. The number of hydrogen-bond acceptors (Lipinski definition) is 4. The molecular formula is C14H15ClN4O. The van der Waals surface area contributed by atoms with Crippen molar-refractivity contribution in [2.45, 2.75) is 25.3 Å². The molecule has 0 fully saturated rings. The van der Waals surface area contributed by atoms with E-state index in [0.717, 1.165) is 24.9 Å². The lowest BCUT2D eigenvalue weighted by Gasteiger charge is -2.27. The molecule has 1 aromatic heterocycles. The number of aromatic amines is 1. The number of H-pyrrole nitrogens is 1. The number of halogens is 1. The van der Waals surface area contributed by atoms with Crippen LogP contribution >= 0.6 is 11.6 Å². The van der Waals surface area contributed by atoms with E-state index in [1.807, 2.05) is 18.2 Å². The Labute approximate surface area is 121 Å². The minimum absolute atomic E-state index is 0.0927. The third-order valence-corrected chi connectivity index (χ3v) is 3.94. The molecule has 0 saturated heterocycles. The topological polar surface area (TPSA) is 83.8 Å². The second-order valence-electron chi connectivity index (χ2n) is 4.94. The molecule has 0 bridgehead atoms. The zero-order chi connectivity index (χ0) is 14.1. The molecule has 1 aliphatic rings. The summed E-state index contributed by atoms with van der Waals surface area (Å²) in [5.41, 5.74) is 8.71. The number of nitrogens with zero attached hydrogens (tertiary/aromatic N) is 1. The Balaban J connectivity index is 1.93. The van der Waals surface area contributed by atoms with Crippen LogP contribution < -0.4 is 16.6 Å². The van der Waals surface area contributed by atoms with E-state index in [2.05, 4.69) is 15.3 Å². The molecule has 2 aromatic rings. The fraction of sp³-hybridized carbons (Fsp3) is 0.286. The molecule has 4 N–H and O–H groups in total. The number of nitrogens with two attached hydrogens (primary N) is 1. The quantitative estimate of drug-likeness (QED) is 0.742. The van der Waals surface area contributed by atoms with Crippen LogP contribution in [0.4, 0.5) is 11.5 Å². The first-order valence-corrected chi connectivity index (χ1v) is 6.91. The summed E-state index contributed by atoms with van der Waals surface area (Å²) in [5, 5.41) is 3.35. The standard InChI is InChI=1S/C14H15ClN4O/c15-12-13(17-7-18-14(12)20)19-11-3-1-2-8-6-9(16)4-5-10(8)11/h4-7,11H,1-3,16H2,(H2,17,18,19,20). The van der Waals surface area contributed by atoms with Crippen molar-refractivity contribution < 1.29 is 0 Å². The number of fused-ring (bicyclic) bond motifs is 1. The molecule has 1 aliphatic carbocycles. The van der Waals surface area contributed by atoms with Crippen molar-refractivity contribution in [1.82, 2.24) is 9.97 Å². The Hall–Kier alpha value is -2.01. The molecule has 0 aliphatic heterocycles. The maximum Gasteiger partial charge on any atom is 0.271 e. The van der Waals surface area contributed by atoms with Crippen molar-refractivity contribution >= 4 is 23.1 Å². The number of aryl methyl sites for hydroxylation is 1. The summed E-state index contributed by atoms with van der Waals surface area (Å²) in [6.45, 7) is 0. The number of nitrogen functional groups attached to an aromatic ring is 1. The summed E-state index contributed by atoms with van der Waals surface area (Å²) in [5.74, 6) is 0.421. The minimum atomic E-state index is -0.336. The van der Waals surface area contributed by atoms with Gasteiger partial charge in [-0.1, -0.05) is 17.7 Å². The van der Waals surface area contributed by atoms with Crippen LogP contribution in [0.25, 0.3) is 0 Å². The molecule has 0 radical (unpaired) electrons. The smallest absolute Gasteiger partial charge is 0.271 e. The van der Waals surface area contributed by atoms with Crippen LogP contribution in [0, 0.1) is 0 Å². The number of rotatable bonds is 2. The van der Waals surface area contributed by atoms with Crippen LogP contribution in [0.3, 0.4) is 0 Å². The minimum Gasteiger partial charge on any atom is -0.399 e. The van der Waals surface area contributed by atoms with Gasteiger partial charge in [0.25, 0.3) is 5.56 Å². The van der Waals surface area contributed by atoms with Crippen molar-refractivity contribution in [2.75, 3.05) is 11.1 Å². The maximum atomic E-state index is 11.5. The number of anilines is 2. The Bertz CT molecular complexity index is 698. The van der Waals surface area contributed by atoms with Crippen molar-refractivity contribution in [3.05, 3.63) is 51.0 Å². The van der Waals surface area contributed by atoms with Gasteiger partial charge >= 0.3 is 0 Å². The molecule has 0 amide bonds. The number of nitrogens with one attached hydrogen (secondary N) is 2. The summed E-state index contributed by atoms with van der Waals surface area (Å²) >= 11 is 5.98. The monoisotopic (exact) mass is 290 g/mol. The SMILES string of the molecule is Nc1ccc2c(c1)CCCC2Nc1nc[nH]c(=O)c1Cl. The third-order valence-electron chi connectivity index (χ3n) is 3.59. The van der Waals surface area contributed by atoms with Crippen molar-refractivity contribution in [3.63, 3.8) is 0 Å². The van der Waals surface area contributed by atoms with E-state index >= 15 is 0 Å². The van der Waals surface area contributed by atoms with Gasteiger partial charge in [-0.3, -0.25) is 4.79 Å². The van der Waals surface area contributed by atoms with Crippen molar-refractivity contribution in [2.24, 2.45) is 0 Å². The number of benzene rings is 1. The summed E-state index contributed by atoms with van der Waals surface area (Å²) in [7, 11) is 0. The van der Waals surface area contributed by atoms with Crippen LogP contribution in [0.15, 0.2) is 29.3 Å². The Kier molecular flexibility index (Phi) is 3.36. The average molecular weight is 291 g/mol. The van der Waals surface area contributed by atoms with Crippen LogP contribution in [0.5, 0.6) is 0 Å². The molecule has 20 heavy (non-hydrogen) atoms. The predicted molar refractivity (Wildman–Crippen MR) is 80.0 cm³/mol. The lowest BCUT2D eigenvalue weighted by Crippen LogP contribution is -2.20. The van der Waals surface area contributed by atoms with Crippen molar-refractivity contribution in [1.29, 1.82) is 0 Å². The highest BCUT2D eigenvalue weighted by Gasteiger charge is 2.21. The zero-order valence-electron chi connectivity index (χ0n) is 10.8. The second kappa shape index (κ2) is 5.17. The highest BCUT2D eigenvalue weighted by molar-refractivity contribution is 6.32. The van der Waals surface area contributed by atoms with E-state index < -0.39 is 0 Å². The van der Waals surface area contributed by atoms with Crippen LogP contribution in [0.2, 0.25) is 5.02 Å². The summed E-state index contributed by atoms with van der Waals surface area (Å²) in [6, 6.07) is 6.04. The Morgan fingerprint density at radius 3 is 3.15 bits per heavy atom. The van der Waals surface area contributed by atoms with Crippen molar-refractivity contribution in [3.8, 4) is 0 Å². The van der Waals surface area contributed by atoms with Gasteiger partial charge in [-0.2, -0.15) is 0 Å². The molecular weight excluding hydrogens is 276 g/mol. The predicted octanol–water partition coefficient (Wildman–Crippen LogP) is 2.50. The number of hydrogen-bond donors (Lipinski definition) is 3. The molecule has 6 heteroatoms. The fourth-order valence-corrected chi connectivity index (χ4v) is 2.79. The second-order valence-corrected chi connectivity index (χ2v) is 5.32. The molecule has 0 spiro atoms. The van der Waals surface area contributed by atoms with Gasteiger partial charge < -0.3 is 16.0 Å². The van der Waals surface area contributed by atoms with Gasteiger partial charge in [0.2, 0.25) is 0 Å². The first kappa shape index (κ1) is 13.0. The Morgan fingerprint density at radius 2 is 2.30 bits per heavy atom. The van der Waals surface area contributed by atoms with Gasteiger partial charge in [0, 0.05) is 5.69 Å². The molecule has 3 rings (SSSR count). The first-order chi connectivity index (χ1) is 9.65. The van der Waals surface area contributed by atoms with Gasteiger partial charge in [0.1, 0.15) is 5.02 Å². The van der Waals surface area contributed by atoms with Crippen LogP contribution in [0.1, 0.15) is 30.0 Å². The molecule has 1 aromatic carbocycles. The summed E-state index contributed by atoms with van der Waals surface area (Å²) in [6.07, 6.45) is 4.41. The number of aromatic nitrogens is 2. The first-order valence-electron chi connectivity index (χ1n) is 6.53. The molecule has 1 atom stereocenters. The van der Waals surface area contributed by atoms with Gasteiger partial charge in [-0.25, -0.2) is 4.98 Å². The highest BCUT2D eigenvalue weighted by atomic mass is 35.5. The fourth-order valence-electron chi connectivity index (χ4n) is 2.63. The van der Waals surface area contributed by atoms with Crippen LogP contribution in [-0.4, -0.2) is 9.97 Å². The highest BCUT2D eigenvalue weighted by Crippen LogP contribution is 2.33. The van der Waals surface area contributed by atoms with E-state index in [0.29, 0.717) is 5.82 Å². The Morgan fingerprint density at radius 1 is 1.45 bits per heavy atom. The van der Waals surface area contributed by atoms with Gasteiger partial charge in [0.15, 0.2) is 5.82 Å². The maximum absolute atomic E-state index is 11.5. The van der Waals surface area contributed by atoms with Crippen LogP contribution in [-0.2, 0) is 6.42 Å². The van der Waals surface area contributed by atoms with Gasteiger partial charge in [0.05, 0.1) is 12.4 Å². The molecule has 0 saturated carbocycles. The van der Waals surface area contributed by atoms with E-state index in [9.17, 15) is 4.79 Å². The van der Waals surface area contributed by atoms with E-state index in [1.54, 1.807) is 0 Å². The lowest BCUT2D eigenvalue weighted by molar-refractivity contribution is 0.598. The molecule has 1 heterocycles. The summed E-state index contributed by atoms with van der Waals surface area (Å²) in [4.78, 5) is 18.0. The third kappa shape index (κ3) is 2.36. The normalized spacial score (nSPS) is 17.6. The largest absolute Gasteiger partial charge is 0.399 e. The molecule has 5 nitrogen and oxygen atoms in total. The van der Waals surface area contributed by atoms with E-state index in [-0.39, 0.29) is 16.6 Å².